The van der Waals surface area contributed by atoms with E-state index in [2.05, 4.69) is 29.0 Å². The first kappa shape index (κ1) is 18.0. The van der Waals surface area contributed by atoms with Crippen molar-refractivity contribution < 1.29 is 4.79 Å². The van der Waals surface area contributed by atoms with Gasteiger partial charge in [-0.25, -0.2) is 0 Å². The van der Waals surface area contributed by atoms with Crippen LogP contribution in [0.2, 0.25) is 5.02 Å². The van der Waals surface area contributed by atoms with Crippen LogP contribution in [0.3, 0.4) is 0 Å². The lowest BCUT2D eigenvalue weighted by atomic mass is 9.94. The zero-order valence-electron chi connectivity index (χ0n) is 13.9. The molecule has 1 aromatic heterocycles. The summed E-state index contributed by atoms with van der Waals surface area (Å²) < 4.78 is 0. The maximum absolute atomic E-state index is 12.1. The van der Waals surface area contributed by atoms with E-state index in [1.807, 2.05) is 0 Å². The largest absolute Gasteiger partial charge is 0.352 e. The summed E-state index contributed by atoms with van der Waals surface area (Å²) in [4.78, 5) is 28.7. The third-order valence-corrected chi connectivity index (χ3v) is 4.40. The van der Waals surface area contributed by atoms with Crippen LogP contribution < -0.4 is 10.9 Å². The molecule has 1 unspecified atom stereocenters. The van der Waals surface area contributed by atoms with Gasteiger partial charge in [-0.2, -0.15) is 0 Å². The summed E-state index contributed by atoms with van der Waals surface area (Å²) in [5, 5.41) is 3.19. The summed E-state index contributed by atoms with van der Waals surface area (Å²) >= 11 is 5.82. The Kier molecular flexibility index (Phi) is 6.66. The monoisotopic (exact) mass is 339 g/mol. The summed E-state index contributed by atoms with van der Waals surface area (Å²) in [6.45, 7) is 8.50. The highest BCUT2D eigenvalue weighted by atomic mass is 35.5. The Hall–Kier alpha value is -1.33. The average Bonchev–Trinajstić information content (AvgIpc) is 2.49. The maximum Gasteiger partial charge on any atom is 0.260 e. The minimum absolute atomic E-state index is 0.0718. The summed E-state index contributed by atoms with van der Waals surface area (Å²) in [5.74, 6) is 0.937. The zero-order chi connectivity index (χ0) is 16.8. The molecule has 1 saturated heterocycles. The molecule has 1 aliphatic heterocycles. The smallest absolute Gasteiger partial charge is 0.260 e. The van der Waals surface area contributed by atoms with Gasteiger partial charge in [-0.05, 0) is 43.7 Å². The van der Waals surface area contributed by atoms with Crippen LogP contribution in [0.1, 0.15) is 43.5 Å². The number of pyridine rings is 1. The predicted molar refractivity (Wildman–Crippen MR) is 93.0 cm³/mol. The van der Waals surface area contributed by atoms with E-state index in [1.165, 1.54) is 31.6 Å². The molecule has 0 radical (unpaired) electrons. The van der Waals surface area contributed by atoms with Crippen LogP contribution in [0, 0.1) is 11.8 Å². The number of nitrogens with one attached hydrogen (secondary N) is 2. The number of piperidine rings is 1. The second-order valence-electron chi connectivity index (χ2n) is 6.77. The van der Waals surface area contributed by atoms with Crippen molar-refractivity contribution in [1.29, 1.82) is 0 Å². The number of carbonyl (C=O) groups is 1. The van der Waals surface area contributed by atoms with E-state index in [0.717, 1.165) is 19.5 Å². The third kappa shape index (κ3) is 5.66. The van der Waals surface area contributed by atoms with Crippen molar-refractivity contribution in [3.63, 3.8) is 0 Å². The second kappa shape index (κ2) is 8.50. The number of nitrogens with zero attached hydrogens (tertiary/aromatic N) is 1. The maximum atomic E-state index is 12.1. The SMILES string of the molecule is CC(C)CN1CCCC(CCNC(=O)c2cc(Cl)c[nH]c2=O)C1. The Labute approximate surface area is 142 Å². The molecule has 5 nitrogen and oxygen atoms in total. The van der Waals surface area contributed by atoms with Gasteiger partial charge in [0.05, 0.1) is 5.02 Å². The number of aromatic nitrogens is 1. The van der Waals surface area contributed by atoms with Gasteiger partial charge in [0.1, 0.15) is 5.56 Å². The van der Waals surface area contributed by atoms with Crippen LogP contribution in [0.4, 0.5) is 0 Å². The van der Waals surface area contributed by atoms with Gasteiger partial charge < -0.3 is 15.2 Å². The molecule has 0 spiro atoms. The fourth-order valence-corrected chi connectivity index (χ4v) is 3.34. The molecular weight excluding hydrogens is 314 g/mol. The molecule has 0 aliphatic carbocycles. The standard InChI is InChI=1S/C17H26ClN3O2/c1-12(2)10-21-7-3-4-13(11-21)5-6-19-16(22)15-8-14(18)9-20-17(15)23/h8-9,12-13H,3-7,10-11H2,1-2H3,(H,19,22)(H,20,23). The number of likely N-dealkylation sites (tertiary alicyclic amines) is 1. The number of hydrogen-bond acceptors (Lipinski definition) is 3. The van der Waals surface area contributed by atoms with E-state index in [1.54, 1.807) is 0 Å². The average molecular weight is 340 g/mol. The van der Waals surface area contributed by atoms with E-state index in [0.29, 0.717) is 23.4 Å². The number of rotatable bonds is 6. The molecule has 2 rings (SSSR count). The van der Waals surface area contributed by atoms with Crippen molar-refractivity contribution in [3.05, 3.63) is 33.2 Å². The summed E-state index contributed by atoms with van der Waals surface area (Å²) in [6.07, 6.45) is 4.76. The summed E-state index contributed by atoms with van der Waals surface area (Å²) in [7, 11) is 0. The first-order valence-corrected chi connectivity index (χ1v) is 8.72. The molecule has 6 heteroatoms. The Morgan fingerprint density at radius 3 is 3.04 bits per heavy atom. The second-order valence-corrected chi connectivity index (χ2v) is 7.20. The highest BCUT2D eigenvalue weighted by Gasteiger charge is 2.20. The van der Waals surface area contributed by atoms with Gasteiger partial charge in [-0.1, -0.05) is 25.4 Å². The van der Waals surface area contributed by atoms with Crippen molar-refractivity contribution >= 4 is 17.5 Å². The Balaban J connectivity index is 1.79. The molecule has 1 amide bonds. The number of carbonyl (C=O) groups excluding carboxylic acids is 1. The molecule has 0 aromatic carbocycles. The minimum atomic E-state index is -0.410. The molecule has 1 aromatic rings. The van der Waals surface area contributed by atoms with Crippen LogP contribution in [0.15, 0.2) is 17.1 Å². The van der Waals surface area contributed by atoms with Crippen molar-refractivity contribution in [2.24, 2.45) is 11.8 Å². The Morgan fingerprint density at radius 1 is 1.52 bits per heavy atom. The number of halogens is 1. The van der Waals surface area contributed by atoms with E-state index in [-0.39, 0.29) is 11.5 Å². The highest BCUT2D eigenvalue weighted by Crippen LogP contribution is 2.20. The van der Waals surface area contributed by atoms with E-state index < -0.39 is 5.56 Å². The van der Waals surface area contributed by atoms with E-state index in [9.17, 15) is 9.59 Å². The third-order valence-electron chi connectivity index (χ3n) is 4.18. The lowest BCUT2D eigenvalue weighted by molar-refractivity contribution is 0.0944. The molecule has 1 aliphatic rings. The van der Waals surface area contributed by atoms with Gasteiger partial charge in [0.2, 0.25) is 0 Å². The number of hydrogen-bond donors (Lipinski definition) is 2. The highest BCUT2D eigenvalue weighted by molar-refractivity contribution is 6.30. The van der Waals surface area contributed by atoms with Crippen LogP contribution in [-0.2, 0) is 0 Å². The molecule has 128 valence electrons. The molecule has 1 atom stereocenters. The Morgan fingerprint density at radius 2 is 2.30 bits per heavy atom. The van der Waals surface area contributed by atoms with Gasteiger partial charge in [0.15, 0.2) is 0 Å². The van der Waals surface area contributed by atoms with Crippen LogP contribution in [-0.4, -0.2) is 42.0 Å². The fraction of sp³-hybridized carbons (Fsp3) is 0.647. The first-order chi connectivity index (χ1) is 11.0. The van der Waals surface area contributed by atoms with Crippen molar-refractivity contribution in [2.75, 3.05) is 26.2 Å². The van der Waals surface area contributed by atoms with Gasteiger partial charge in [0, 0.05) is 25.8 Å². The lowest BCUT2D eigenvalue weighted by Crippen LogP contribution is -2.39. The Bertz CT molecular complexity index is 585. The zero-order valence-corrected chi connectivity index (χ0v) is 14.7. The van der Waals surface area contributed by atoms with Crippen LogP contribution in [0.25, 0.3) is 0 Å². The molecular formula is C17H26ClN3O2. The summed E-state index contributed by atoms with van der Waals surface area (Å²) in [6, 6.07) is 1.40. The van der Waals surface area contributed by atoms with Gasteiger partial charge >= 0.3 is 0 Å². The quantitative estimate of drug-likeness (QED) is 0.837. The van der Waals surface area contributed by atoms with Gasteiger partial charge in [-0.15, -0.1) is 0 Å². The predicted octanol–water partition coefficient (Wildman–Crippen LogP) is 2.52. The normalized spacial score (nSPS) is 19.0. The molecule has 2 N–H and O–H groups in total. The van der Waals surface area contributed by atoms with Crippen LogP contribution in [0.5, 0.6) is 0 Å². The number of aromatic amines is 1. The number of H-pyrrole nitrogens is 1. The molecule has 2 heterocycles. The molecule has 0 bridgehead atoms. The lowest BCUT2D eigenvalue weighted by Gasteiger charge is -2.33. The van der Waals surface area contributed by atoms with Gasteiger partial charge in [0.25, 0.3) is 11.5 Å². The van der Waals surface area contributed by atoms with Crippen LogP contribution >= 0.6 is 11.6 Å². The van der Waals surface area contributed by atoms with E-state index >= 15 is 0 Å². The summed E-state index contributed by atoms with van der Waals surface area (Å²) in [5.41, 5.74) is -0.338. The van der Waals surface area contributed by atoms with Crippen molar-refractivity contribution in [3.8, 4) is 0 Å². The minimum Gasteiger partial charge on any atom is -0.352 e. The fourth-order valence-electron chi connectivity index (χ4n) is 3.18. The van der Waals surface area contributed by atoms with Gasteiger partial charge in [-0.3, -0.25) is 9.59 Å². The molecule has 0 saturated carbocycles. The van der Waals surface area contributed by atoms with E-state index in [4.69, 9.17) is 11.6 Å². The topological polar surface area (TPSA) is 65.2 Å². The van der Waals surface area contributed by atoms with Crippen molar-refractivity contribution in [1.82, 2.24) is 15.2 Å². The molecule has 1 fully saturated rings. The number of amides is 1. The first-order valence-electron chi connectivity index (χ1n) is 8.34. The van der Waals surface area contributed by atoms with Crippen molar-refractivity contribution in [2.45, 2.75) is 33.1 Å². The molecule has 23 heavy (non-hydrogen) atoms.